The summed E-state index contributed by atoms with van der Waals surface area (Å²) in [5.41, 5.74) is -3.56. The lowest BCUT2D eigenvalue weighted by molar-refractivity contribution is -0.176. The number of amides is 2. The summed E-state index contributed by atoms with van der Waals surface area (Å²) in [5.74, 6) is -0.697. The Hall–Kier alpha value is -3.19. The van der Waals surface area contributed by atoms with Crippen LogP contribution in [0.25, 0.3) is 0 Å². The molecule has 0 spiro atoms. The van der Waals surface area contributed by atoms with Crippen LogP contribution in [0.2, 0.25) is 0 Å². The molecule has 12 nitrogen and oxygen atoms in total. The highest BCUT2D eigenvalue weighted by Gasteiger charge is 2.57. The van der Waals surface area contributed by atoms with Crippen LogP contribution in [0.5, 0.6) is 0 Å². The first-order valence-corrected chi connectivity index (χ1v) is 12.5. The van der Waals surface area contributed by atoms with E-state index in [9.17, 15) is 22.8 Å². The number of carbonyl (C=O) groups excluding carboxylic acids is 3. The van der Waals surface area contributed by atoms with Gasteiger partial charge in [0.25, 0.3) is 5.91 Å². The molecule has 36 heavy (non-hydrogen) atoms. The summed E-state index contributed by atoms with van der Waals surface area (Å²) < 4.78 is 36.6. The van der Waals surface area contributed by atoms with E-state index >= 15 is 0 Å². The number of benzene rings is 1. The molecule has 2 amide bonds. The Morgan fingerprint density at radius 1 is 0.972 bits per heavy atom. The molecule has 0 saturated carbocycles. The van der Waals surface area contributed by atoms with Crippen molar-refractivity contribution in [2.75, 3.05) is 21.1 Å². The highest BCUT2D eigenvalue weighted by atomic mass is 32.2. The average Bonchev–Trinajstić information content (AvgIpc) is 2.94. The van der Waals surface area contributed by atoms with Gasteiger partial charge in [0.1, 0.15) is 16.9 Å². The van der Waals surface area contributed by atoms with Gasteiger partial charge in [0.15, 0.2) is 0 Å². The van der Waals surface area contributed by atoms with Crippen LogP contribution in [-0.2, 0) is 29.1 Å². The summed E-state index contributed by atoms with van der Waals surface area (Å²) in [4.78, 5) is 44.4. The minimum Gasteiger partial charge on any atom is -0.442 e. The fourth-order valence-electron chi connectivity index (χ4n) is 3.18. The molecule has 1 aliphatic rings. The van der Waals surface area contributed by atoms with Gasteiger partial charge in [0.2, 0.25) is 15.6 Å². The second kappa shape index (κ2) is 9.69. The van der Waals surface area contributed by atoms with Crippen LogP contribution in [0.3, 0.4) is 0 Å². The predicted molar refractivity (Wildman–Crippen MR) is 130 cm³/mol. The predicted octanol–water partition coefficient (Wildman–Crippen LogP) is 2.98. The third kappa shape index (κ3) is 6.13. The summed E-state index contributed by atoms with van der Waals surface area (Å²) in [6.45, 7) is 11.0. The van der Waals surface area contributed by atoms with Crippen molar-refractivity contribution >= 4 is 33.9 Å². The average molecular weight is 527 g/mol. The molecule has 0 aliphatic carbocycles. The quantitative estimate of drug-likeness (QED) is 0.432. The van der Waals surface area contributed by atoms with Crippen LogP contribution in [0.15, 0.2) is 34.3 Å². The van der Waals surface area contributed by atoms with Crippen LogP contribution in [0, 0.1) is 0 Å². The molecule has 2 rings (SSSR count). The smallest absolute Gasteiger partial charge is 0.442 e. The maximum absolute atomic E-state index is 13.3. The molecule has 1 heterocycles. The molecule has 13 heteroatoms. The van der Waals surface area contributed by atoms with Crippen molar-refractivity contribution in [1.29, 1.82) is 0 Å². The van der Waals surface area contributed by atoms with Crippen LogP contribution >= 0.6 is 0 Å². The number of hydrazone groups is 1. The lowest BCUT2D eigenvalue weighted by Crippen LogP contribution is -2.61. The van der Waals surface area contributed by atoms with E-state index in [0.717, 1.165) is 9.31 Å². The summed E-state index contributed by atoms with van der Waals surface area (Å²) in [5, 5.41) is 5.76. The van der Waals surface area contributed by atoms with Crippen molar-refractivity contribution < 1.29 is 37.1 Å². The number of likely N-dealkylation sites (N-methyl/N-ethyl adjacent to an activating group) is 1. The van der Waals surface area contributed by atoms with Gasteiger partial charge in [-0.3, -0.25) is 9.63 Å². The zero-order valence-electron chi connectivity index (χ0n) is 22.3. The Bertz CT molecular complexity index is 1160. The minimum absolute atomic E-state index is 0.0187. The van der Waals surface area contributed by atoms with E-state index in [-0.39, 0.29) is 10.6 Å². The summed E-state index contributed by atoms with van der Waals surface area (Å²) in [6.07, 6.45) is -2.36. The number of carbonyl (C=O) groups is 3. The molecular weight excluding hydrogens is 492 g/mol. The first-order valence-electron chi connectivity index (χ1n) is 11.0. The zero-order valence-corrected chi connectivity index (χ0v) is 23.1. The SMILES string of the molecule is CN1N=C(c2ccc(S(=O)(=O)N(C)C)cc2)C(C)(N(OC(=O)OC(C)(C)C)C(=O)OC(C)(C)C)C1=O. The Balaban J connectivity index is 2.60. The molecule has 0 bridgehead atoms. The van der Waals surface area contributed by atoms with E-state index < -0.39 is 44.9 Å². The highest BCUT2D eigenvalue weighted by Crippen LogP contribution is 2.32. The molecule has 0 fully saturated rings. The van der Waals surface area contributed by atoms with E-state index in [1.54, 1.807) is 41.5 Å². The van der Waals surface area contributed by atoms with Crippen molar-refractivity contribution in [3.63, 3.8) is 0 Å². The highest BCUT2D eigenvalue weighted by molar-refractivity contribution is 7.89. The number of ether oxygens (including phenoxy) is 2. The first kappa shape index (κ1) is 29.0. The molecule has 0 N–H and O–H groups in total. The van der Waals surface area contributed by atoms with E-state index in [4.69, 9.17) is 14.3 Å². The van der Waals surface area contributed by atoms with Gasteiger partial charge < -0.3 is 9.47 Å². The molecule has 1 aromatic rings. The van der Waals surface area contributed by atoms with Gasteiger partial charge in [-0.25, -0.2) is 27.3 Å². The molecule has 0 aromatic heterocycles. The Morgan fingerprint density at radius 3 is 1.92 bits per heavy atom. The second-order valence-electron chi connectivity index (χ2n) is 10.5. The van der Waals surface area contributed by atoms with Gasteiger partial charge in [-0.15, -0.1) is 5.06 Å². The molecular formula is C23H34N4O8S. The third-order valence-corrected chi connectivity index (χ3v) is 6.68. The molecule has 0 radical (unpaired) electrons. The normalized spacial score (nSPS) is 18.7. The summed E-state index contributed by atoms with van der Waals surface area (Å²) in [6, 6.07) is 5.59. The number of sulfonamides is 1. The van der Waals surface area contributed by atoms with Gasteiger partial charge in [-0.05, 0) is 60.6 Å². The first-order chi connectivity index (χ1) is 16.2. The van der Waals surface area contributed by atoms with E-state index in [1.807, 2.05) is 0 Å². The maximum atomic E-state index is 13.3. The fourth-order valence-corrected chi connectivity index (χ4v) is 4.09. The number of hydrogen-bond donors (Lipinski definition) is 0. The maximum Gasteiger partial charge on any atom is 0.534 e. The Morgan fingerprint density at radius 2 is 1.47 bits per heavy atom. The van der Waals surface area contributed by atoms with E-state index in [1.165, 1.54) is 52.3 Å². The van der Waals surface area contributed by atoms with E-state index in [0.29, 0.717) is 10.6 Å². The lowest BCUT2D eigenvalue weighted by atomic mass is 9.90. The topological polar surface area (TPSA) is 135 Å². The standard InChI is InChI=1S/C23H34N4O8S/c1-21(2,3)33-19(29)27(35-20(30)34-22(4,5)6)23(7)17(24-26(10)18(23)28)15-11-13-16(14-12-15)36(31,32)25(8)9/h11-14H,1-10H3. The Kier molecular flexibility index (Phi) is 7.82. The van der Waals surface area contributed by atoms with Gasteiger partial charge in [0.05, 0.1) is 4.90 Å². The van der Waals surface area contributed by atoms with Gasteiger partial charge in [-0.2, -0.15) is 5.10 Å². The molecule has 1 aromatic carbocycles. The minimum atomic E-state index is -3.71. The largest absolute Gasteiger partial charge is 0.534 e. The van der Waals surface area contributed by atoms with Crippen LogP contribution in [0.1, 0.15) is 54.0 Å². The zero-order chi connectivity index (χ0) is 27.9. The van der Waals surface area contributed by atoms with Crippen LogP contribution in [-0.4, -0.2) is 84.5 Å². The summed E-state index contributed by atoms with van der Waals surface area (Å²) >= 11 is 0. The van der Waals surface area contributed by atoms with Gasteiger partial charge in [0, 0.05) is 26.7 Å². The fraction of sp³-hybridized carbons (Fsp3) is 0.565. The molecule has 0 saturated heterocycles. The van der Waals surface area contributed by atoms with Crippen LogP contribution < -0.4 is 0 Å². The number of hydroxylamine groups is 2. The molecule has 1 aliphatic heterocycles. The number of hydrogen-bond acceptors (Lipinski definition) is 9. The monoisotopic (exact) mass is 526 g/mol. The van der Waals surface area contributed by atoms with Gasteiger partial charge >= 0.3 is 12.2 Å². The van der Waals surface area contributed by atoms with Crippen molar-refractivity contribution in [3.05, 3.63) is 29.8 Å². The number of rotatable bonds is 4. The van der Waals surface area contributed by atoms with Crippen molar-refractivity contribution in [3.8, 4) is 0 Å². The molecule has 1 atom stereocenters. The summed E-state index contributed by atoms with van der Waals surface area (Å²) in [7, 11) is 0.478. The van der Waals surface area contributed by atoms with Crippen LogP contribution in [0.4, 0.5) is 9.59 Å². The molecule has 200 valence electrons. The lowest BCUT2D eigenvalue weighted by Gasteiger charge is -2.36. The Labute approximate surface area is 211 Å². The van der Waals surface area contributed by atoms with Crippen molar-refractivity contribution in [2.45, 2.75) is 70.1 Å². The molecule has 1 unspecified atom stereocenters. The van der Waals surface area contributed by atoms with E-state index in [2.05, 4.69) is 5.10 Å². The van der Waals surface area contributed by atoms with Gasteiger partial charge in [-0.1, -0.05) is 12.1 Å². The number of nitrogens with zero attached hydrogens (tertiary/aromatic N) is 4. The van der Waals surface area contributed by atoms with Crippen molar-refractivity contribution in [2.24, 2.45) is 5.10 Å². The third-order valence-electron chi connectivity index (χ3n) is 4.85. The van der Waals surface area contributed by atoms with Crippen molar-refractivity contribution in [1.82, 2.24) is 14.4 Å². The second-order valence-corrected chi connectivity index (χ2v) is 12.6.